The Morgan fingerprint density at radius 2 is 1.58 bits per heavy atom. The van der Waals surface area contributed by atoms with E-state index in [4.69, 9.17) is 0 Å². The first-order chi connectivity index (χ1) is 16.0. The number of halogens is 1. The summed E-state index contributed by atoms with van der Waals surface area (Å²) in [5.74, 6) is -0.932. The van der Waals surface area contributed by atoms with Gasteiger partial charge in [0.1, 0.15) is 12.4 Å². The van der Waals surface area contributed by atoms with Gasteiger partial charge in [-0.1, -0.05) is 54.1 Å². The maximum Gasteiger partial charge on any atom is 0.254 e. The molecular formula is C27H25FN2O3. The van der Waals surface area contributed by atoms with E-state index in [0.29, 0.717) is 12.1 Å². The summed E-state index contributed by atoms with van der Waals surface area (Å²) in [6.07, 6.45) is 0. The molecule has 5 rings (SSSR count). The van der Waals surface area contributed by atoms with Crippen LogP contribution in [0.4, 0.5) is 4.39 Å². The third-order valence-corrected chi connectivity index (χ3v) is 6.81. The van der Waals surface area contributed by atoms with E-state index in [1.54, 1.807) is 4.90 Å². The molecule has 33 heavy (non-hydrogen) atoms. The second-order valence-electron chi connectivity index (χ2n) is 8.82. The van der Waals surface area contributed by atoms with Gasteiger partial charge in [0.15, 0.2) is 0 Å². The molecule has 0 aromatic heterocycles. The van der Waals surface area contributed by atoms with Crippen molar-refractivity contribution in [1.82, 2.24) is 9.80 Å². The Balaban J connectivity index is 1.38. The van der Waals surface area contributed by atoms with E-state index in [-0.39, 0.29) is 43.0 Å². The Morgan fingerprint density at radius 3 is 2.18 bits per heavy atom. The minimum absolute atomic E-state index is 0.0394. The lowest BCUT2D eigenvalue weighted by Gasteiger charge is -2.58. The molecule has 1 N–H and O–H groups in total. The van der Waals surface area contributed by atoms with Crippen LogP contribution < -0.4 is 0 Å². The standard InChI is InChI=1S/C27H25FN2O3/c1-17-2-4-18(5-3-17)19-6-8-20(9-7-19)26-23-14-29(15-25(32)30(23)24(26)16-31)27(33)21-10-12-22(28)13-11-21/h2-13,23-24,26,31H,14-16H2,1H3/t23-,24-,26-/m1/s1. The summed E-state index contributed by atoms with van der Waals surface area (Å²) in [6, 6.07) is 21.4. The van der Waals surface area contributed by atoms with E-state index in [2.05, 4.69) is 43.3 Å². The number of amides is 2. The summed E-state index contributed by atoms with van der Waals surface area (Å²) in [6.45, 7) is 2.27. The minimum Gasteiger partial charge on any atom is -0.394 e. The first-order valence-corrected chi connectivity index (χ1v) is 11.1. The zero-order chi connectivity index (χ0) is 23.1. The minimum atomic E-state index is -0.411. The topological polar surface area (TPSA) is 60.9 Å². The van der Waals surface area contributed by atoms with Crippen molar-refractivity contribution in [2.45, 2.75) is 24.9 Å². The van der Waals surface area contributed by atoms with Crippen molar-refractivity contribution in [2.75, 3.05) is 19.7 Å². The number of hydrogen-bond acceptors (Lipinski definition) is 3. The van der Waals surface area contributed by atoms with E-state index < -0.39 is 5.82 Å². The molecule has 2 amide bonds. The van der Waals surface area contributed by atoms with E-state index >= 15 is 0 Å². The van der Waals surface area contributed by atoms with Crippen LogP contribution >= 0.6 is 0 Å². The summed E-state index contributed by atoms with van der Waals surface area (Å²) < 4.78 is 13.2. The van der Waals surface area contributed by atoms with Crippen molar-refractivity contribution in [3.63, 3.8) is 0 Å². The van der Waals surface area contributed by atoms with Crippen LogP contribution in [0.5, 0.6) is 0 Å². The molecule has 168 valence electrons. The molecule has 0 radical (unpaired) electrons. The molecule has 2 saturated heterocycles. The first kappa shape index (κ1) is 21.3. The zero-order valence-electron chi connectivity index (χ0n) is 18.3. The van der Waals surface area contributed by atoms with Gasteiger partial charge in [0.25, 0.3) is 5.91 Å². The molecular weight excluding hydrogens is 419 g/mol. The van der Waals surface area contributed by atoms with Gasteiger partial charge in [-0.05, 0) is 47.9 Å². The van der Waals surface area contributed by atoms with Crippen LogP contribution in [0.3, 0.4) is 0 Å². The van der Waals surface area contributed by atoms with Crippen molar-refractivity contribution < 1.29 is 19.1 Å². The van der Waals surface area contributed by atoms with Crippen LogP contribution in [-0.4, -0.2) is 58.5 Å². The quantitative estimate of drug-likeness (QED) is 0.669. The number of aliphatic hydroxyl groups excluding tert-OH is 1. The van der Waals surface area contributed by atoms with Crippen LogP contribution in [0.25, 0.3) is 11.1 Å². The molecule has 3 aromatic rings. The Morgan fingerprint density at radius 1 is 0.970 bits per heavy atom. The van der Waals surface area contributed by atoms with Crippen LogP contribution in [0.2, 0.25) is 0 Å². The van der Waals surface area contributed by atoms with Crippen molar-refractivity contribution in [3.05, 3.63) is 95.3 Å². The lowest BCUT2D eigenvalue weighted by Crippen LogP contribution is -2.73. The molecule has 0 bridgehead atoms. The lowest BCUT2D eigenvalue weighted by molar-refractivity contribution is -0.159. The highest BCUT2D eigenvalue weighted by Crippen LogP contribution is 2.43. The Bertz CT molecular complexity index is 1180. The summed E-state index contributed by atoms with van der Waals surface area (Å²) in [7, 11) is 0. The third kappa shape index (κ3) is 3.80. The van der Waals surface area contributed by atoms with Gasteiger partial charge >= 0.3 is 0 Å². The number of aliphatic hydroxyl groups is 1. The highest BCUT2D eigenvalue weighted by Gasteiger charge is 2.54. The number of nitrogens with zero attached hydrogens (tertiary/aromatic N) is 2. The monoisotopic (exact) mass is 444 g/mol. The molecule has 0 aliphatic carbocycles. The molecule has 2 aliphatic rings. The normalized spacial score (nSPS) is 22.0. The zero-order valence-corrected chi connectivity index (χ0v) is 18.3. The SMILES string of the molecule is Cc1ccc(-c2ccc([C@H]3[C@@H](CO)N4C(=O)CN(C(=O)c5ccc(F)cc5)C[C@H]34)cc2)cc1. The van der Waals surface area contributed by atoms with Crippen LogP contribution in [-0.2, 0) is 4.79 Å². The fraction of sp³-hybridized carbons (Fsp3) is 0.259. The smallest absolute Gasteiger partial charge is 0.254 e. The van der Waals surface area contributed by atoms with Crippen molar-refractivity contribution in [2.24, 2.45) is 0 Å². The van der Waals surface area contributed by atoms with Gasteiger partial charge in [0, 0.05) is 18.0 Å². The predicted octanol–water partition coefficient (Wildman–Crippen LogP) is 3.61. The Kier molecular flexibility index (Phi) is 5.46. The van der Waals surface area contributed by atoms with Gasteiger partial charge in [0.2, 0.25) is 5.91 Å². The molecule has 2 aliphatic heterocycles. The average Bonchev–Trinajstić information content (AvgIpc) is 2.81. The van der Waals surface area contributed by atoms with Crippen molar-refractivity contribution >= 4 is 11.8 Å². The molecule has 5 nitrogen and oxygen atoms in total. The number of benzene rings is 3. The van der Waals surface area contributed by atoms with Crippen molar-refractivity contribution in [3.8, 4) is 11.1 Å². The van der Waals surface area contributed by atoms with Gasteiger partial charge in [0.05, 0.1) is 18.7 Å². The molecule has 6 heteroatoms. The number of carbonyl (C=O) groups excluding carboxylic acids is 2. The maximum absolute atomic E-state index is 13.2. The van der Waals surface area contributed by atoms with E-state index in [1.807, 2.05) is 12.1 Å². The van der Waals surface area contributed by atoms with Gasteiger partial charge < -0.3 is 14.9 Å². The number of hydrogen-bond donors (Lipinski definition) is 1. The highest BCUT2D eigenvalue weighted by atomic mass is 19.1. The van der Waals surface area contributed by atoms with E-state index in [9.17, 15) is 19.1 Å². The van der Waals surface area contributed by atoms with Crippen molar-refractivity contribution in [1.29, 1.82) is 0 Å². The third-order valence-electron chi connectivity index (χ3n) is 6.81. The number of aryl methyl sites for hydroxylation is 1. The first-order valence-electron chi connectivity index (χ1n) is 11.1. The summed E-state index contributed by atoms with van der Waals surface area (Å²) in [5.41, 5.74) is 4.83. The predicted molar refractivity (Wildman–Crippen MR) is 123 cm³/mol. The summed E-state index contributed by atoms with van der Waals surface area (Å²) in [5, 5.41) is 10.0. The number of fused-ring (bicyclic) bond motifs is 1. The number of piperazine rings is 1. The molecule has 0 unspecified atom stereocenters. The van der Waals surface area contributed by atoms with Crippen LogP contribution in [0, 0.1) is 12.7 Å². The highest BCUT2D eigenvalue weighted by molar-refractivity contribution is 5.97. The summed E-state index contributed by atoms with van der Waals surface area (Å²) >= 11 is 0. The fourth-order valence-electron chi connectivity index (χ4n) is 5.07. The van der Waals surface area contributed by atoms with E-state index in [0.717, 1.165) is 16.7 Å². The summed E-state index contributed by atoms with van der Waals surface area (Å²) in [4.78, 5) is 29.0. The second-order valence-corrected chi connectivity index (χ2v) is 8.82. The fourth-order valence-corrected chi connectivity index (χ4v) is 5.07. The maximum atomic E-state index is 13.2. The molecule has 2 heterocycles. The molecule has 3 aromatic carbocycles. The number of rotatable bonds is 4. The van der Waals surface area contributed by atoms with Gasteiger partial charge in [-0.3, -0.25) is 9.59 Å². The average molecular weight is 445 g/mol. The van der Waals surface area contributed by atoms with E-state index in [1.165, 1.54) is 34.7 Å². The molecule has 0 saturated carbocycles. The van der Waals surface area contributed by atoms with Gasteiger partial charge in [-0.15, -0.1) is 0 Å². The second kappa shape index (κ2) is 8.45. The van der Waals surface area contributed by atoms with Crippen LogP contribution in [0.1, 0.15) is 27.4 Å². The number of carbonyl (C=O) groups is 2. The molecule has 2 fully saturated rings. The molecule has 0 spiro atoms. The molecule has 3 atom stereocenters. The van der Waals surface area contributed by atoms with Crippen LogP contribution in [0.15, 0.2) is 72.8 Å². The lowest BCUT2D eigenvalue weighted by atomic mass is 9.73. The Labute approximate surface area is 192 Å². The van der Waals surface area contributed by atoms with Gasteiger partial charge in [-0.2, -0.15) is 0 Å². The van der Waals surface area contributed by atoms with Gasteiger partial charge in [-0.25, -0.2) is 4.39 Å². The largest absolute Gasteiger partial charge is 0.394 e. The Hall–Kier alpha value is -3.51.